The van der Waals surface area contributed by atoms with Crippen LogP contribution in [0.1, 0.15) is 48.5 Å². The molecule has 268 valence electrons. The number of sulfonamides is 1. The number of pyridine rings is 1. The lowest BCUT2D eigenvalue weighted by atomic mass is 9.92. The molecule has 5 rings (SSSR count). The van der Waals surface area contributed by atoms with E-state index in [1.54, 1.807) is 31.2 Å². The number of hydrogen-bond donors (Lipinski definition) is 3. The van der Waals surface area contributed by atoms with Gasteiger partial charge in [0, 0.05) is 49.4 Å². The van der Waals surface area contributed by atoms with Crippen LogP contribution in [0.25, 0.3) is 0 Å². The third-order valence-electron chi connectivity index (χ3n) is 8.59. The summed E-state index contributed by atoms with van der Waals surface area (Å²) in [6.45, 7) is 1.65. The van der Waals surface area contributed by atoms with Gasteiger partial charge in [-0.05, 0) is 62.1 Å². The number of ether oxygens (including phenoxy) is 1. The minimum atomic E-state index is -4.34. The maximum absolute atomic E-state index is 14.0. The first-order valence-electron chi connectivity index (χ1n) is 15.9. The van der Waals surface area contributed by atoms with Crippen molar-refractivity contribution in [3.05, 3.63) is 82.1 Å². The Morgan fingerprint density at radius 2 is 1.64 bits per heavy atom. The molecule has 0 spiro atoms. The van der Waals surface area contributed by atoms with E-state index in [0.717, 1.165) is 35.9 Å². The monoisotopic (exact) mass is 765 g/mol. The third kappa shape index (κ3) is 8.82. The number of esters is 1. The lowest BCUT2D eigenvalue weighted by Gasteiger charge is -2.29. The van der Waals surface area contributed by atoms with Gasteiger partial charge < -0.3 is 20.7 Å². The molecule has 1 aliphatic carbocycles. The Labute approximate surface area is 301 Å². The van der Waals surface area contributed by atoms with E-state index in [-0.39, 0.29) is 63.5 Å². The van der Waals surface area contributed by atoms with Gasteiger partial charge in [0.05, 0.1) is 32.0 Å². The number of hydrogen-bond acceptors (Lipinski definition) is 10. The van der Waals surface area contributed by atoms with Gasteiger partial charge in [0.1, 0.15) is 12.1 Å². The molecule has 0 bridgehead atoms. The molecule has 1 saturated heterocycles. The Kier molecular flexibility index (Phi) is 11.9. The van der Waals surface area contributed by atoms with Crippen molar-refractivity contribution in [2.24, 2.45) is 0 Å². The molecule has 3 N–H and O–H groups in total. The highest BCUT2D eigenvalue weighted by Crippen LogP contribution is 2.30. The Morgan fingerprint density at radius 1 is 0.980 bits per heavy atom. The molecule has 2 aliphatic rings. The quantitative estimate of drug-likeness (QED) is 0.218. The average molecular weight is 767 g/mol. The van der Waals surface area contributed by atoms with Crippen molar-refractivity contribution >= 4 is 66.5 Å². The van der Waals surface area contributed by atoms with Gasteiger partial charge in [-0.1, -0.05) is 47.8 Å². The largest absolute Gasteiger partial charge is 0.464 e. The van der Waals surface area contributed by atoms with Crippen molar-refractivity contribution < 1.29 is 36.0 Å². The zero-order valence-electron chi connectivity index (χ0n) is 27.3. The number of anilines is 1. The Bertz CT molecular complexity index is 1960. The second-order valence-corrected chi connectivity index (χ2v) is 16.9. The molecule has 2 aromatic carbocycles. The van der Waals surface area contributed by atoms with E-state index in [4.69, 9.17) is 27.9 Å². The number of carbonyl (C=O) groups excluding carboxylic acids is 3. The summed E-state index contributed by atoms with van der Waals surface area (Å²) < 4.78 is 58.7. The summed E-state index contributed by atoms with van der Waals surface area (Å²) in [5.41, 5.74) is 1.09. The standard InChI is InChI=1S/C33H37Cl2N5O8S2/c1-3-48-33(43)28(14-20-10-12-22(13-11-20)38-32(42)30-26(34)17-36-18-27(30)35)39-31(41)29-15-23(37-21-6-4-7-21)19-40(29)50(46,47)25-9-5-8-24(16-25)49(2,44)45/h5,8-13,16-18,21,23,28-29,37H,3-4,6-7,14-15,19H2,1-2H3,(H,38,42)(H,39,41)/t23-,28+,29?/m1/s1. The lowest BCUT2D eigenvalue weighted by Crippen LogP contribution is -2.51. The second kappa shape index (κ2) is 15.7. The van der Waals surface area contributed by atoms with Crippen LogP contribution in [-0.4, -0.2) is 87.5 Å². The summed E-state index contributed by atoms with van der Waals surface area (Å²) in [5.74, 6) is -1.95. The normalized spacial score (nSPS) is 19.0. The van der Waals surface area contributed by atoms with Crippen molar-refractivity contribution in [2.45, 2.75) is 73.0 Å². The fourth-order valence-electron chi connectivity index (χ4n) is 5.82. The van der Waals surface area contributed by atoms with Gasteiger partial charge in [0.25, 0.3) is 5.91 Å². The summed E-state index contributed by atoms with van der Waals surface area (Å²) in [5, 5.41) is 9.03. The number of amides is 2. The summed E-state index contributed by atoms with van der Waals surface area (Å²) in [4.78, 5) is 43.2. The predicted octanol–water partition coefficient (Wildman–Crippen LogP) is 3.61. The number of nitrogens with one attached hydrogen (secondary N) is 3. The molecule has 17 heteroatoms. The number of rotatable bonds is 13. The van der Waals surface area contributed by atoms with Crippen molar-refractivity contribution in [2.75, 3.05) is 24.7 Å². The molecule has 1 aromatic heterocycles. The fraction of sp³-hybridized carbons (Fsp3) is 0.394. The molecule has 1 saturated carbocycles. The molecule has 13 nitrogen and oxygen atoms in total. The smallest absolute Gasteiger partial charge is 0.328 e. The van der Waals surface area contributed by atoms with Gasteiger partial charge in [0.2, 0.25) is 15.9 Å². The van der Waals surface area contributed by atoms with E-state index >= 15 is 0 Å². The minimum Gasteiger partial charge on any atom is -0.464 e. The van der Waals surface area contributed by atoms with Crippen LogP contribution in [0.2, 0.25) is 10.0 Å². The highest BCUT2D eigenvalue weighted by atomic mass is 35.5. The molecule has 3 aromatic rings. The van der Waals surface area contributed by atoms with E-state index in [1.807, 2.05) is 0 Å². The first-order chi connectivity index (χ1) is 23.7. The van der Waals surface area contributed by atoms with Crippen LogP contribution >= 0.6 is 23.2 Å². The number of halogens is 2. The molecular formula is C33H37Cl2N5O8S2. The highest BCUT2D eigenvalue weighted by Gasteiger charge is 2.45. The van der Waals surface area contributed by atoms with Crippen LogP contribution in [-0.2, 0) is 40.6 Å². The van der Waals surface area contributed by atoms with Gasteiger partial charge in [-0.3, -0.25) is 14.6 Å². The summed E-state index contributed by atoms with van der Waals surface area (Å²) in [6, 6.07) is 9.04. The highest BCUT2D eigenvalue weighted by molar-refractivity contribution is 7.91. The Morgan fingerprint density at radius 3 is 2.24 bits per heavy atom. The zero-order chi connectivity index (χ0) is 36.2. The maximum Gasteiger partial charge on any atom is 0.328 e. The lowest BCUT2D eigenvalue weighted by molar-refractivity contribution is -0.147. The second-order valence-electron chi connectivity index (χ2n) is 12.2. The van der Waals surface area contributed by atoms with E-state index in [2.05, 4.69) is 20.9 Å². The third-order valence-corrected chi connectivity index (χ3v) is 12.1. The van der Waals surface area contributed by atoms with E-state index in [9.17, 15) is 31.2 Å². The molecule has 2 heterocycles. The van der Waals surface area contributed by atoms with Crippen LogP contribution in [0.5, 0.6) is 0 Å². The average Bonchev–Trinajstić information content (AvgIpc) is 3.48. The van der Waals surface area contributed by atoms with Crippen LogP contribution < -0.4 is 16.0 Å². The first kappa shape index (κ1) is 37.7. The fourth-order valence-corrected chi connectivity index (χ4v) is 8.79. The number of nitrogens with zero attached hydrogens (tertiary/aromatic N) is 2. The SMILES string of the molecule is CCOC(=O)[C@H](Cc1ccc(NC(=O)c2c(Cl)cncc2Cl)cc1)NC(=O)C1C[C@@H](NC2CCC2)CN1S(=O)(=O)c1cccc(S(C)(=O)=O)c1. The van der Waals surface area contributed by atoms with Gasteiger partial charge in [-0.2, -0.15) is 4.31 Å². The van der Waals surface area contributed by atoms with Crippen molar-refractivity contribution in [1.29, 1.82) is 0 Å². The Hall–Kier alpha value is -3.60. The molecule has 50 heavy (non-hydrogen) atoms. The van der Waals surface area contributed by atoms with E-state index in [1.165, 1.54) is 30.6 Å². The van der Waals surface area contributed by atoms with Crippen LogP contribution in [0, 0.1) is 0 Å². The van der Waals surface area contributed by atoms with Crippen molar-refractivity contribution in [3.63, 3.8) is 0 Å². The first-order valence-corrected chi connectivity index (χ1v) is 20.0. The number of sulfone groups is 1. The number of aromatic nitrogens is 1. The topological polar surface area (TPSA) is 181 Å². The molecule has 1 aliphatic heterocycles. The molecular weight excluding hydrogens is 729 g/mol. The van der Waals surface area contributed by atoms with E-state index < -0.39 is 49.7 Å². The van der Waals surface area contributed by atoms with Crippen LogP contribution in [0.15, 0.2) is 70.7 Å². The summed E-state index contributed by atoms with van der Waals surface area (Å²) in [7, 11) is -8.05. The zero-order valence-corrected chi connectivity index (χ0v) is 30.4. The van der Waals surface area contributed by atoms with Gasteiger partial charge in [0.15, 0.2) is 9.84 Å². The Balaban J connectivity index is 1.35. The van der Waals surface area contributed by atoms with Crippen molar-refractivity contribution in [3.8, 4) is 0 Å². The van der Waals surface area contributed by atoms with Crippen LogP contribution in [0.3, 0.4) is 0 Å². The van der Waals surface area contributed by atoms with Gasteiger partial charge >= 0.3 is 5.97 Å². The summed E-state index contributed by atoms with van der Waals surface area (Å²) >= 11 is 12.2. The molecule has 3 atom stereocenters. The van der Waals surface area contributed by atoms with Gasteiger partial charge in [-0.15, -0.1) is 0 Å². The molecule has 2 amide bonds. The van der Waals surface area contributed by atoms with Gasteiger partial charge in [-0.25, -0.2) is 21.6 Å². The predicted molar refractivity (Wildman–Crippen MR) is 187 cm³/mol. The molecule has 1 unspecified atom stereocenters. The number of benzene rings is 2. The molecule has 0 radical (unpaired) electrons. The van der Waals surface area contributed by atoms with Crippen molar-refractivity contribution in [1.82, 2.24) is 19.9 Å². The number of carbonyl (C=O) groups is 3. The maximum atomic E-state index is 14.0. The summed E-state index contributed by atoms with van der Waals surface area (Å²) in [6.07, 6.45) is 6.66. The van der Waals surface area contributed by atoms with E-state index in [0.29, 0.717) is 11.3 Å². The molecule has 2 fully saturated rings. The minimum absolute atomic E-state index is 0.000435. The van der Waals surface area contributed by atoms with Crippen LogP contribution in [0.4, 0.5) is 5.69 Å².